The normalized spacial score (nSPS) is 37.5. The number of ether oxygens (including phenoxy) is 7. The van der Waals surface area contributed by atoms with Gasteiger partial charge >= 0.3 is 0 Å². The van der Waals surface area contributed by atoms with Gasteiger partial charge in [0.1, 0.15) is 208 Å². The third-order valence-electron chi connectivity index (χ3n) is 14.8. The van der Waals surface area contributed by atoms with E-state index in [0.29, 0.717) is 0 Å². The molecule has 5 heterocycles. The van der Waals surface area contributed by atoms with E-state index in [9.17, 15) is 90.7 Å². The maximum atomic E-state index is 9.94. The molecule has 39 N–H and O–H groups in total. The zero-order chi connectivity index (χ0) is 79.7. The first kappa shape index (κ1) is 101. The Labute approximate surface area is 574 Å². The van der Waals surface area contributed by atoms with Crippen LogP contribution in [0.3, 0.4) is 0 Å². The monoisotopic (exact) mass is 1520 g/mol. The second kappa shape index (κ2) is 51.2. The standard InChI is InChI=1S/2C12H22O11.3C6H12O6.2C5H10O5/c2*13-1-3-5(15)6(16)9(19)12(22-3)23-10-4(2-14)21-11(20)8(18)7(10)17;3*7-1-3(9)5(11)6(12)4(10)2-8;6-2-1-10-5(9)4(8)3(2)7;6-1-3(8)5(10)4(9)2-7/h2*3-20H,1-2H2;3*1,3-6,8-12H,2H2;2-9H,1H2;1,3-5,7-10H,2H2/t3-,4-,5+,6+,7-,8-,9-,10-,11-,12+;3-,4-,5-,6+,7-,8-,9-,10-,11-,12+;3-,4+,5+,6+;3-,4+,5+,6-;3-,4-,5-,6-;2-,3+,4-,5?;3-,4-,5+/m1100111/s1. The highest BCUT2D eigenvalue weighted by atomic mass is 16.7. The van der Waals surface area contributed by atoms with E-state index in [4.69, 9.17) is 156 Å². The molecule has 5 aliphatic rings. The maximum absolute atomic E-state index is 9.94. The first-order valence-electron chi connectivity index (χ1n) is 29.8. The predicted molar refractivity (Wildman–Crippen MR) is 310 cm³/mol. The van der Waals surface area contributed by atoms with E-state index in [1.165, 1.54) is 0 Å². The number of hydrogen-bond donors (Lipinski definition) is 39. The molecule has 102 heavy (non-hydrogen) atoms. The molecule has 0 aromatic carbocycles. The summed E-state index contributed by atoms with van der Waals surface area (Å²) in [4.78, 5) is 39.5. The van der Waals surface area contributed by atoms with Crippen LogP contribution in [0.5, 0.6) is 0 Å². The summed E-state index contributed by atoms with van der Waals surface area (Å²) < 4.78 is 35.0. The molecule has 0 amide bonds. The van der Waals surface area contributed by atoms with Gasteiger partial charge in [0.15, 0.2) is 56.6 Å². The molecule has 0 saturated carbocycles. The molecule has 5 aliphatic heterocycles. The summed E-state index contributed by atoms with van der Waals surface area (Å²) in [7, 11) is 0. The summed E-state index contributed by atoms with van der Waals surface area (Å²) in [6.07, 6.45) is -61.5. The molecule has 0 aliphatic carbocycles. The van der Waals surface area contributed by atoms with Crippen molar-refractivity contribution in [1.29, 1.82) is 0 Å². The molecule has 608 valence electrons. The Bertz CT molecular complexity index is 2010. The van der Waals surface area contributed by atoms with Gasteiger partial charge < -0.3 is 251 Å². The highest BCUT2D eigenvalue weighted by Gasteiger charge is 2.52. The Morgan fingerprint density at radius 1 is 0.284 bits per heavy atom. The SMILES string of the molecule is O=C[C@@H](O)[C@@H](O)[C@H](O)[C@H](O)CO.O=C[C@@H](O)[C@H](O)[C@H](O)CO.O=C[C@H](O)[C@@H](O)[C@@H](O)[C@H](O)CO.O=C[C@H](O)[C@@H](O)[C@H](O)[C@H](O)CO.OC1OC[C@@H](O)[C@H](O)[C@H]1O.OC[C@H]1O[C@@H](O[C@H]2[C@H](O)[C@@H](O)[C@H](O)O[C@@H]2CO)[C@H](O)[C@@H](O)[C@@H]1O.OC[C@H]1O[C@@H](O[C@H]2[C@H](O)[C@@H](O)[C@H](O)O[C@@H]2CO)[C@H](O)[C@@H](O)[C@H]1O. The van der Waals surface area contributed by atoms with Crippen LogP contribution in [-0.4, -0.2) is 523 Å². The molecule has 0 aromatic heterocycles. The summed E-state index contributed by atoms with van der Waals surface area (Å²) in [5, 5.41) is 353. The van der Waals surface area contributed by atoms with Gasteiger partial charge in [-0.1, -0.05) is 0 Å². The van der Waals surface area contributed by atoms with Crippen molar-refractivity contribution in [2.45, 2.75) is 239 Å². The lowest BCUT2D eigenvalue weighted by atomic mass is 9.97. The summed E-state index contributed by atoms with van der Waals surface area (Å²) in [5.41, 5.74) is 0. The van der Waals surface area contributed by atoms with E-state index in [-0.39, 0.29) is 31.8 Å². The van der Waals surface area contributed by atoms with Crippen LogP contribution in [-0.2, 0) is 52.3 Å². The molecule has 5 fully saturated rings. The third-order valence-corrected chi connectivity index (χ3v) is 14.8. The Morgan fingerprint density at radius 2 is 0.539 bits per heavy atom. The lowest BCUT2D eigenvalue weighted by Crippen LogP contribution is -2.64. The average Bonchev–Trinajstić information content (AvgIpc) is 0.795. The van der Waals surface area contributed by atoms with Gasteiger partial charge in [-0.05, 0) is 0 Å². The maximum Gasteiger partial charge on any atom is 0.187 e. The molecule has 0 spiro atoms. The number of aliphatic hydroxyl groups excluding tert-OH is 39. The second-order valence-corrected chi connectivity index (χ2v) is 22.3. The lowest BCUT2D eigenvalue weighted by molar-refractivity contribution is -0.355. The minimum Gasteiger partial charge on any atom is -0.394 e. The van der Waals surface area contributed by atoms with Crippen LogP contribution < -0.4 is 0 Å². The fraction of sp³-hybridized carbons (Fsp3) is 0.923. The van der Waals surface area contributed by atoms with E-state index >= 15 is 0 Å². The van der Waals surface area contributed by atoms with Crippen LogP contribution in [0.4, 0.5) is 0 Å². The van der Waals surface area contributed by atoms with Crippen molar-refractivity contribution in [2.75, 3.05) is 59.5 Å². The van der Waals surface area contributed by atoms with Gasteiger partial charge in [-0.2, -0.15) is 0 Å². The quantitative estimate of drug-likeness (QED) is 0.0340. The Hall–Kier alpha value is -3.16. The fourth-order valence-electron chi connectivity index (χ4n) is 8.20. The number of aliphatic hydroxyl groups is 39. The van der Waals surface area contributed by atoms with Crippen LogP contribution in [0.15, 0.2) is 0 Å². The van der Waals surface area contributed by atoms with Crippen molar-refractivity contribution < 1.29 is 251 Å². The lowest BCUT2D eigenvalue weighted by Gasteiger charge is -2.45. The summed E-state index contributed by atoms with van der Waals surface area (Å²) in [5.74, 6) is 0. The number of carbonyl (C=O) groups is 4. The van der Waals surface area contributed by atoms with Gasteiger partial charge in [-0.25, -0.2) is 0 Å². The number of rotatable bonds is 27. The fourth-order valence-corrected chi connectivity index (χ4v) is 8.20. The van der Waals surface area contributed by atoms with E-state index in [1.807, 2.05) is 0 Å². The Kier molecular flexibility index (Phi) is 50.7. The van der Waals surface area contributed by atoms with Gasteiger partial charge in [-0.3, -0.25) is 0 Å². The molecular weight excluding hydrogens is 1420 g/mol. The third kappa shape index (κ3) is 30.8. The molecule has 5 saturated heterocycles. The van der Waals surface area contributed by atoms with Gasteiger partial charge in [0.05, 0.1) is 59.5 Å². The van der Waals surface area contributed by atoms with Crippen molar-refractivity contribution in [3.05, 3.63) is 0 Å². The highest BCUT2D eigenvalue weighted by molar-refractivity contribution is 5.57. The van der Waals surface area contributed by atoms with Crippen LogP contribution in [0.2, 0.25) is 0 Å². The summed E-state index contributed by atoms with van der Waals surface area (Å²) in [6.45, 7) is -5.81. The Morgan fingerprint density at radius 3 is 0.784 bits per heavy atom. The van der Waals surface area contributed by atoms with Crippen molar-refractivity contribution in [2.24, 2.45) is 0 Å². The zero-order valence-electron chi connectivity index (χ0n) is 53.1. The van der Waals surface area contributed by atoms with Gasteiger partial charge in [-0.15, -0.1) is 0 Å². The number of hydrogen-bond acceptors (Lipinski definition) is 50. The van der Waals surface area contributed by atoms with Gasteiger partial charge in [0.25, 0.3) is 0 Å². The first-order chi connectivity index (χ1) is 47.5. The summed E-state index contributed by atoms with van der Waals surface area (Å²) >= 11 is 0. The Balaban J connectivity index is 0. The number of aldehydes is 4. The van der Waals surface area contributed by atoms with Crippen molar-refractivity contribution in [3.63, 3.8) is 0 Å². The van der Waals surface area contributed by atoms with E-state index in [1.54, 1.807) is 0 Å². The molecule has 0 radical (unpaired) electrons. The molecule has 50 heteroatoms. The van der Waals surface area contributed by atoms with E-state index in [0.717, 1.165) is 0 Å². The largest absolute Gasteiger partial charge is 0.394 e. The summed E-state index contributed by atoms with van der Waals surface area (Å²) in [6, 6.07) is 0. The molecule has 0 aromatic rings. The minimum atomic E-state index is -1.79. The molecule has 39 atom stereocenters. The number of carbonyl (C=O) groups excluding carboxylic acids is 4. The van der Waals surface area contributed by atoms with Gasteiger partial charge in [0, 0.05) is 0 Å². The van der Waals surface area contributed by atoms with Crippen LogP contribution in [0, 0.1) is 0 Å². The molecule has 1 unspecified atom stereocenters. The van der Waals surface area contributed by atoms with Crippen molar-refractivity contribution in [3.8, 4) is 0 Å². The molecular formula is C52H100O50. The minimum absolute atomic E-state index is 0.0258. The molecule has 50 nitrogen and oxygen atoms in total. The van der Waals surface area contributed by atoms with E-state index < -0.39 is 292 Å². The van der Waals surface area contributed by atoms with Gasteiger partial charge in [0.2, 0.25) is 0 Å². The molecule has 5 rings (SSSR count). The van der Waals surface area contributed by atoms with Crippen molar-refractivity contribution in [1.82, 2.24) is 0 Å². The van der Waals surface area contributed by atoms with Crippen molar-refractivity contribution >= 4 is 25.1 Å². The van der Waals surface area contributed by atoms with Crippen LogP contribution >= 0.6 is 0 Å². The molecule has 0 bridgehead atoms. The van der Waals surface area contributed by atoms with E-state index in [2.05, 4.69) is 4.74 Å². The van der Waals surface area contributed by atoms with Crippen LogP contribution in [0.25, 0.3) is 0 Å². The zero-order valence-corrected chi connectivity index (χ0v) is 53.1. The van der Waals surface area contributed by atoms with Crippen LogP contribution in [0.1, 0.15) is 0 Å². The highest BCUT2D eigenvalue weighted by Crippen LogP contribution is 2.31. The topological polar surface area (TPSA) is 922 Å². The average molecular weight is 1530 g/mol. The smallest absolute Gasteiger partial charge is 0.187 e. The first-order valence-corrected chi connectivity index (χ1v) is 29.8. The second-order valence-electron chi connectivity index (χ2n) is 22.3. The predicted octanol–water partition coefficient (Wildman–Crippen LogP) is -26.3.